The van der Waals surface area contributed by atoms with E-state index in [2.05, 4.69) is 0 Å². The molecule has 1 aliphatic heterocycles. The molecular weight excluding hydrogens is 509 g/mol. The third-order valence-electron chi connectivity index (χ3n) is 6.65. The molecule has 10 heteroatoms. The van der Waals surface area contributed by atoms with Crippen LogP contribution in [0.15, 0.2) is 77.7 Å². The van der Waals surface area contributed by atoms with Gasteiger partial charge in [-0.1, -0.05) is 66.8 Å². The highest BCUT2D eigenvalue weighted by Gasteiger charge is 2.51. The summed E-state index contributed by atoms with van der Waals surface area (Å²) in [5.74, 6) is 0. The van der Waals surface area contributed by atoms with Crippen molar-refractivity contribution in [2.75, 3.05) is 24.5 Å². The normalized spacial score (nSPS) is 21.2. The predicted octanol–water partition coefficient (Wildman–Crippen LogP) is 4.73. The van der Waals surface area contributed by atoms with Crippen LogP contribution in [0.25, 0.3) is 0 Å². The van der Waals surface area contributed by atoms with Crippen molar-refractivity contribution in [2.24, 2.45) is 0 Å². The molecule has 1 saturated heterocycles. The summed E-state index contributed by atoms with van der Waals surface area (Å²) in [5, 5.41) is 10.0. The second-order valence-electron chi connectivity index (χ2n) is 9.10. The molecule has 2 aromatic carbocycles. The Labute approximate surface area is 214 Å². The zero-order valence-corrected chi connectivity index (χ0v) is 21.3. The van der Waals surface area contributed by atoms with Gasteiger partial charge in [0.25, 0.3) is 0 Å². The average molecular weight is 537 g/mol. The van der Waals surface area contributed by atoms with Crippen molar-refractivity contribution in [3.8, 4) is 0 Å². The molecule has 0 radical (unpaired) electrons. The molecule has 2 aromatic rings. The Kier molecular flexibility index (Phi) is 7.43. The highest BCUT2D eigenvalue weighted by atomic mass is 32.2. The highest BCUT2D eigenvalue weighted by Crippen LogP contribution is 2.39. The number of halogens is 3. The Hall–Kier alpha value is -2.53. The lowest BCUT2D eigenvalue weighted by atomic mass is 9.94. The van der Waals surface area contributed by atoms with E-state index in [1.54, 1.807) is 18.2 Å². The zero-order valence-electron chi connectivity index (χ0n) is 19.6. The summed E-state index contributed by atoms with van der Waals surface area (Å²) in [6, 6.07) is 15.0. The Morgan fingerprint density at radius 1 is 1.06 bits per heavy atom. The van der Waals surface area contributed by atoms with Crippen LogP contribution >= 0.6 is 12.2 Å². The second-order valence-corrected chi connectivity index (χ2v) is 11.5. The first kappa shape index (κ1) is 26.5. The van der Waals surface area contributed by atoms with E-state index in [0.29, 0.717) is 29.9 Å². The lowest BCUT2D eigenvalue weighted by Gasteiger charge is -2.43. The average Bonchev–Trinajstić information content (AvgIpc) is 2.84. The van der Waals surface area contributed by atoms with Crippen molar-refractivity contribution in [3.05, 3.63) is 88.9 Å². The molecule has 4 rings (SSSR count). The van der Waals surface area contributed by atoms with Crippen LogP contribution in [-0.2, 0) is 22.0 Å². The van der Waals surface area contributed by atoms with Gasteiger partial charge in [0.1, 0.15) is 0 Å². The Balaban J connectivity index is 1.63. The van der Waals surface area contributed by atoms with E-state index >= 15 is 0 Å². The number of hydrogen-bond acceptors (Lipinski definition) is 5. The van der Waals surface area contributed by atoms with Gasteiger partial charge in [0.2, 0.25) is 10.0 Å². The summed E-state index contributed by atoms with van der Waals surface area (Å²) in [5.41, 5.74) is -1.56. The third kappa shape index (κ3) is 5.27. The molecule has 0 spiro atoms. The highest BCUT2D eigenvalue weighted by molar-refractivity contribution is 7.96. The van der Waals surface area contributed by atoms with Gasteiger partial charge in [-0.15, -0.1) is 0 Å². The van der Waals surface area contributed by atoms with Crippen molar-refractivity contribution in [3.63, 3.8) is 0 Å². The minimum absolute atomic E-state index is 0.144. The molecule has 2 atom stereocenters. The number of rotatable bonds is 6. The van der Waals surface area contributed by atoms with E-state index in [0.717, 1.165) is 12.5 Å². The summed E-state index contributed by atoms with van der Waals surface area (Å²) in [4.78, 5) is 2.54. The Morgan fingerprint density at radius 3 is 2.33 bits per heavy atom. The standard InChI is InChI=1S/C26H27F3N2O3S2/c1-25(32,26(27,28)29)20-11-13-21(14-12-20)31-16-15-30(18-22(31)17-19-7-3-2-4-8-19)36(33,34)24-10-6-5-9-23(24)35/h2-8,10-14,22,32H,9,15-18H2,1H3/t22-,25-/m0/s1. The van der Waals surface area contributed by atoms with Crippen molar-refractivity contribution < 1.29 is 26.7 Å². The molecule has 1 N–H and O–H groups in total. The largest absolute Gasteiger partial charge is 0.421 e. The van der Waals surface area contributed by atoms with Gasteiger partial charge >= 0.3 is 6.18 Å². The minimum Gasteiger partial charge on any atom is -0.376 e. The molecule has 0 unspecified atom stereocenters. The number of piperazine rings is 1. The van der Waals surface area contributed by atoms with E-state index in [4.69, 9.17) is 12.2 Å². The number of hydrogen-bond donors (Lipinski definition) is 1. The summed E-state index contributed by atoms with van der Waals surface area (Å²) in [6.45, 7) is 1.48. The quantitative estimate of drug-likeness (QED) is 0.541. The van der Waals surface area contributed by atoms with E-state index in [1.165, 1.54) is 22.5 Å². The van der Waals surface area contributed by atoms with Gasteiger partial charge in [0.15, 0.2) is 5.60 Å². The Bertz CT molecular complexity index is 1270. The molecule has 1 fully saturated rings. The lowest BCUT2D eigenvalue weighted by Crippen LogP contribution is -2.56. The van der Waals surface area contributed by atoms with Gasteiger partial charge in [-0.25, -0.2) is 8.42 Å². The van der Waals surface area contributed by atoms with Gasteiger partial charge in [0, 0.05) is 42.6 Å². The summed E-state index contributed by atoms with van der Waals surface area (Å²) >= 11 is 5.31. The zero-order chi connectivity index (χ0) is 26.1. The maximum Gasteiger partial charge on any atom is 0.421 e. The van der Waals surface area contributed by atoms with E-state index in [9.17, 15) is 26.7 Å². The van der Waals surface area contributed by atoms with Crippen LogP contribution in [0.1, 0.15) is 24.5 Å². The number of alkyl halides is 3. The number of benzene rings is 2. The number of sulfonamides is 1. The molecule has 5 nitrogen and oxygen atoms in total. The van der Waals surface area contributed by atoms with E-state index in [-0.39, 0.29) is 29.6 Å². The number of allylic oxidation sites excluding steroid dienone is 4. The van der Waals surface area contributed by atoms with E-state index < -0.39 is 21.8 Å². The number of nitrogens with zero attached hydrogens (tertiary/aromatic N) is 2. The molecule has 36 heavy (non-hydrogen) atoms. The third-order valence-corrected chi connectivity index (χ3v) is 9.12. The van der Waals surface area contributed by atoms with Crippen LogP contribution in [0.3, 0.4) is 0 Å². The summed E-state index contributed by atoms with van der Waals surface area (Å²) < 4.78 is 68.1. The SMILES string of the molecule is C[C@](O)(c1ccc(N2CCN(S(=O)(=O)C3=CC=CCC3=S)C[C@@H]2Cc2ccccc2)cc1)C(F)(F)F. The number of aliphatic hydroxyl groups is 1. The van der Waals surface area contributed by atoms with Crippen LogP contribution < -0.4 is 4.90 Å². The van der Waals surface area contributed by atoms with Crippen LogP contribution in [0, 0.1) is 0 Å². The lowest BCUT2D eigenvalue weighted by molar-refractivity contribution is -0.258. The topological polar surface area (TPSA) is 60.9 Å². The molecule has 1 aliphatic carbocycles. The first-order chi connectivity index (χ1) is 16.9. The van der Waals surface area contributed by atoms with E-state index in [1.807, 2.05) is 41.3 Å². The maximum atomic E-state index is 13.4. The smallest absolute Gasteiger partial charge is 0.376 e. The number of thiocarbonyl (C=S) groups is 1. The van der Waals surface area contributed by atoms with Gasteiger partial charge in [-0.2, -0.15) is 17.5 Å². The molecule has 1 heterocycles. The fourth-order valence-corrected chi connectivity index (χ4v) is 6.55. The van der Waals surface area contributed by atoms with Crippen molar-refractivity contribution in [2.45, 2.75) is 37.6 Å². The van der Waals surface area contributed by atoms with Gasteiger partial charge in [-0.05, 0) is 42.7 Å². The minimum atomic E-state index is -4.81. The molecule has 0 saturated carbocycles. The maximum absolute atomic E-state index is 13.4. The van der Waals surface area contributed by atoms with Crippen molar-refractivity contribution >= 4 is 32.8 Å². The van der Waals surface area contributed by atoms with Crippen LogP contribution in [0.5, 0.6) is 0 Å². The monoisotopic (exact) mass is 536 g/mol. The van der Waals surface area contributed by atoms with Crippen LogP contribution in [0.2, 0.25) is 0 Å². The number of anilines is 1. The van der Waals surface area contributed by atoms with Gasteiger partial charge < -0.3 is 10.0 Å². The molecular formula is C26H27F3N2O3S2. The predicted molar refractivity (Wildman–Crippen MR) is 138 cm³/mol. The fourth-order valence-electron chi connectivity index (χ4n) is 4.48. The second kappa shape index (κ2) is 10.1. The van der Waals surface area contributed by atoms with Gasteiger partial charge in [0.05, 0.1) is 4.91 Å². The first-order valence-corrected chi connectivity index (χ1v) is 13.4. The molecule has 0 aromatic heterocycles. The van der Waals surface area contributed by atoms with Gasteiger partial charge in [-0.3, -0.25) is 0 Å². The fraction of sp³-hybridized carbons (Fsp3) is 0.346. The van der Waals surface area contributed by atoms with Crippen molar-refractivity contribution in [1.29, 1.82) is 0 Å². The Morgan fingerprint density at radius 2 is 1.72 bits per heavy atom. The summed E-state index contributed by atoms with van der Waals surface area (Å²) in [7, 11) is -3.79. The summed E-state index contributed by atoms with van der Waals surface area (Å²) in [6.07, 6.45) is 1.17. The van der Waals surface area contributed by atoms with Crippen LogP contribution in [-0.4, -0.2) is 54.5 Å². The molecule has 192 valence electrons. The first-order valence-electron chi connectivity index (χ1n) is 11.5. The van der Waals surface area contributed by atoms with Crippen molar-refractivity contribution in [1.82, 2.24) is 4.31 Å². The van der Waals surface area contributed by atoms with Crippen LogP contribution in [0.4, 0.5) is 18.9 Å². The molecule has 2 aliphatic rings. The molecule has 0 bridgehead atoms. The molecule has 0 amide bonds.